The Morgan fingerprint density at radius 3 is 2.81 bits per heavy atom. The second kappa shape index (κ2) is 5.14. The molecule has 0 radical (unpaired) electrons. The lowest BCUT2D eigenvalue weighted by atomic mass is 10.0. The average molecular weight is 302 g/mol. The van der Waals surface area contributed by atoms with Gasteiger partial charge in [0.2, 0.25) is 0 Å². The summed E-state index contributed by atoms with van der Waals surface area (Å²) in [5.41, 5.74) is 2.81. The van der Waals surface area contributed by atoms with Crippen LogP contribution in [-0.2, 0) is 4.79 Å². The Balaban J connectivity index is 2.06. The molecule has 2 aromatic rings. The van der Waals surface area contributed by atoms with Crippen molar-refractivity contribution in [1.29, 1.82) is 0 Å². The first-order valence-corrected chi connectivity index (χ1v) is 6.66. The largest absolute Gasteiger partial charge is 0.504 e. The maximum atomic E-state index is 12.1. The lowest BCUT2D eigenvalue weighted by molar-refractivity contribution is -0.110. The predicted molar refractivity (Wildman–Crippen MR) is 82.6 cm³/mol. The number of hydrogen-bond donors (Lipinski definition) is 2. The predicted octanol–water partition coefficient (Wildman–Crippen LogP) is 3.55. The van der Waals surface area contributed by atoms with E-state index in [1.54, 1.807) is 36.4 Å². The lowest BCUT2D eigenvalue weighted by Gasteiger charge is -2.04. The van der Waals surface area contributed by atoms with Crippen molar-refractivity contribution >= 4 is 34.8 Å². The van der Waals surface area contributed by atoms with Crippen LogP contribution in [0.25, 0.3) is 11.6 Å². The van der Waals surface area contributed by atoms with Gasteiger partial charge in [0.25, 0.3) is 5.91 Å². The Hall–Kier alpha value is -2.46. The van der Waals surface area contributed by atoms with E-state index in [-0.39, 0.29) is 11.7 Å². The highest BCUT2D eigenvalue weighted by Crippen LogP contribution is 2.36. The quantitative estimate of drug-likeness (QED) is 0.834. The van der Waals surface area contributed by atoms with Crippen molar-refractivity contribution in [2.75, 3.05) is 12.4 Å². The number of rotatable bonds is 2. The summed E-state index contributed by atoms with van der Waals surface area (Å²) in [7, 11) is 1.48. The topological polar surface area (TPSA) is 58.6 Å². The SMILES string of the molecule is COc1cc(C=C2C(=O)Nc3cc(Cl)ccc32)ccc1O. The fraction of sp³-hybridized carbons (Fsp3) is 0.0625. The molecule has 0 aromatic heterocycles. The number of carbonyl (C=O) groups is 1. The van der Waals surface area contributed by atoms with Crippen molar-refractivity contribution in [3.05, 3.63) is 52.5 Å². The van der Waals surface area contributed by atoms with Crippen molar-refractivity contribution in [3.8, 4) is 11.5 Å². The Kier molecular flexibility index (Phi) is 3.31. The summed E-state index contributed by atoms with van der Waals surface area (Å²) in [5.74, 6) is 0.237. The van der Waals surface area contributed by atoms with E-state index in [0.717, 1.165) is 11.1 Å². The van der Waals surface area contributed by atoms with Crippen molar-refractivity contribution in [2.45, 2.75) is 0 Å². The third-order valence-corrected chi connectivity index (χ3v) is 3.51. The second-order valence-electron chi connectivity index (χ2n) is 4.63. The number of fused-ring (bicyclic) bond motifs is 1. The minimum absolute atomic E-state index is 0.0581. The molecule has 5 heteroatoms. The second-order valence-corrected chi connectivity index (χ2v) is 5.07. The summed E-state index contributed by atoms with van der Waals surface area (Å²) in [6.07, 6.45) is 1.75. The zero-order chi connectivity index (χ0) is 15.0. The summed E-state index contributed by atoms with van der Waals surface area (Å²) in [6, 6.07) is 10.2. The smallest absolute Gasteiger partial charge is 0.256 e. The fourth-order valence-electron chi connectivity index (χ4n) is 2.26. The Labute approximate surface area is 126 Å². The Bertz CT molecular complexity index is 768. The highest BCUT2D eigenvalue weighted by atomic mass is 35.5. The summed E-state index contributed by atoms with van der Waals surface area (Å²) in [4.78, 5) is 12.1. The summed E-state index contributed by atoms with van der Waals surface area (Å²) >= 11 is 5.92. The van der Waals surface area contributed by atoms with Crippen molar-refractivity contribution in [3.63, 3.8) is 0 Å². The van der Waals surface area contributed by atoms with Crippen molar-refractivity contribution in [1.82, 2.24) is 0 Å². The molecule has 0 atom stereocenters. The molecule has 2 N–H and O–H groups in total. The average Bonchev–Trinajstić information content (AvgIpc) is 2.76. The molecular formula is C16H12ClNO3. The van der Waals surface area contributed by atoms with Gasteiger partial charge in [0.15, 0.2) is 11.5 Å². The number of halogens is 1. The van der Waals surface area contributed by atoms with Crippen LogP contribution in [0.5, 0.6) is 11.5 Å². The van der Waals surface area contributed by atoms with Gasteiger partial charge in [-0.25, -0.2) is 0 Å². The zero-order valence-corrected chi connectivity index (χ0v) is 11.9. The number of aromatic hydroxyl groups is 1. The van der Waals surface area contributed by atoms with E-state index in [2.05, 4.69) is 5.32 Å². The van der Waals surface area contributed by atoms with Gasteiger partial charge in [-0.05, 0) is 35.9 Å². The monoisotopic (exact) mass is 301 g/mol. The summed E-state index contributed by atoms with van der Waals surface area (Å²) < 4.78 is 5.06. The first-order chi connectivity index (χ1) is 10.1. The zero-order valence-electron chi connectivity index (χ0n) is 11.2. The number of hydrogen-bond acceptors (Lipinski definition) is 3. The molecular weight excluding hydrogens is 290 g/mol. The Morgan fingerprint density at radius 1 is 1.24 bits per heavy atom. The number of nitrogens with one attached hydrogen (secondary N) is 1. The molecule has 1 heterocycles. The van der Waals surface area contributed by atoms with Crippen LogP contribution in [0.3, 0.4) is 0 Å². The van der Waals surface area contributed by atoms with Gasteiger partial charge in [0, 0.05) is 16.2 Å². The van der Waals surface area contributed by atoms with E-state index < -0.39 is 0 Å². The van der Waals surface area contributed by atoms with E-state index in [4.69, 9.17) is 16.3 Å². The molecule has 0 fully saturated rings. The van der Waals surface area contributed by atoms with Crippen LogP contribution in [0, 0.1) is 0 Å². The third-order valence-electron chi connectivity index (χ3n) is 3.28. The van der Waals surface area contributed by atoms with Gasteiger partial charge in [-0.2, -0.15) is 0 Å². The van der Waals surface area contributed by atoms with E-state index >= 15 is 0 Å². The van der Waals surface area contributed by atoms with E-state index in [9.17, 15) is 9.90 Å². The summed E-state index contributed by atoms with van der Waals surface area (Å²) in [6.45, 7) is 0. The lowest BCUT2D eigenvalue weighted by Crippen LogP contribution is -2.03. The number of methoxy groups -OCH3 is 1. The molecule has 4 nitrogen and oxygen atoms in total. The van der Waals surface area contributed by atoms with E-state index in [1.165, 1.54) is 13.2 Å². The number of ether oxygens (including phenoxy) is 1. The van der Waals surface area contributed by atoms with E-state index in [0.29, 0.717) is 22.0 Å². The number of phenols is 1. The molecule has 1 aliphatic heterocycles. The highest BCUT2D eigenvalue weighted by molar-refractivity contribution is 6.36. The first-order valence-electron chi connectivity index (χ1n) is 6.28. The van der Waals surface area contributed by atoms with Crippen LogP contribution in [0.2, 0.25) is 5.02 Å². The van der Waals surface area contributed by atoms with Crippen LogP contribution in [0.4, 0.5) is 5.69 Å². The number of carbonyl (C=O) groups excluding carboxylic acids is 1. The number of amides is 1. The van der Waals surface area contributed by atoms with Crippen molar-refractivity contribution in [2.24, 2.45) is 0 Å². The third kappa shape index (κ3) is 2.45. The molecule has 2 aromatic carbocycles. The van der Waals surface area contributed by atoms with Gasteiger partial charge in [-0.3, -0.25) is 4.79 Å². The maximum absolute atomic E-state index is 12.1. The minimum Gasteiger partial charge on any atom is -0.504 e. The molecule has 0 spiro atoms. The van der Waals surface area contributed by atoms with Crippen molar-refractivity contribution < 1.29 is 14.6 Å². The molecule has 1 aliphatic rings. The molecule has 21 heavy (non-hydrogen) atoms. The van der Waals surface area contributed by atoms with Gasteiger partial charge >= 0.3 is 0 Å². The maximum Gasteiger partial charge on any atom is 0.256 e. The molecule has 0 aliphatic carbocycles. The molecule has 106 valence electrons. The van der Waals surface area contributed by atoms with Gasteiger partial charge in [0.1, 0.15) is 0 Å². The summed E-state index contributed by atoms with van der Waals surface area (Å²) in [5, 5.41) is 12.9. The first kappa shape index (κ1) is 13.5. The standard InChI is InChI=1S/C16H12ClNO3/c1-21-15-7-9(2-5-14(15)19)6-12-11-4-3-10(17)8-13(11)18-16(12)20/h2-8,19H,1H3,(H,18,20). The number of anilines is 1. The molecule has 0 saturated carbocycles. The van der Waals surface area contributed by atoms with Gasteiger partial charge < -0.3 is 15.2 Å². The van der Waals surface area contributed by atoms with Gasteiger partial charge in [-0.1, -0.05) is 23.7 Å². The van der Waals surface area contributed by atoms with Crippen LogP contribution in [0.1, 0.15) is 11.1 Å². The van der Waals surface area contributed by atoms with E-state index in [1.807, 2.05) is 0 Å². The fourth-order valence-corrected chi connectivity index (χ4v) is 2.43. The molecule has 0 unspecified atom stereocenters. The number of phenolic OH excluding ortho intramolecular Hbond substituents is 1. The molecule has 3 rings (SSSR count). The molecule has 0 saturated heterocycles. The molecule has 1 amide bonds. The van der Waals surface area contributed by atoms with Gasteiger partial charge in [-0.15, -0.1) is 0 Å². The minimum atomic E-state index is -0.181. The van der Waals surface area contributed by atoms with Crippen LogP contribution < -0.4 is 10.1 Å². The van der Waals surface area contributed by atoms with Crippen LogP contribution >= 0.6 is 11.6 Å². The van der Waals surface area contributed by atoms with Gasteiger partial charge in [0.05, 0.1) is 12.8 Å². The highest BCUT2D eigenvalue weighted by Gasteiger charge is 2.24. The van der Waals surface area contributed by atoms with Crippen LogP contribution in [-0.4, -0.2) is 18.1 Å². The Morgan fingerprint density at radius 2 is 2.05 bits per heavy atom. The normalized spacial score (nSPS) is 15.0. The van der Waals surface area contributed by atoms with Crippen LogP contribution in [0.15, 0.2) is 36.4 Å². The number of benzene rings is 2. The molecule has 0 bridgehead atoms.